The number of rotatable bonds is 3. The van der Waals surface area contributed by atoms with E-state index in [1.54, 1.807) is 7.05 Å². The Labute approximate surface area is 90.1 Å². The van der Waals surface area contributed by atoms with E-state index in [4.69, 9.17) is 5.21 Å². The standard InChI is InChI=1S/C10H19N3O2/c1-3-8-6-13(7-10(14)11-2)5-4-9(8)12-15/h8,15H,3-7H2,1-2H3,(H,11,14). The number of carbonyl (C=O) groups is 1. The van der Waals surface area contributed by atoms with Crippen LogP contribution in [0.2, 0.25) is 0 Å². The Morgan fingerprint density at radius 1 is 1.73 bits per heavy atom. The lowest BCUT2D eigenvalue weighted by Crippen LogP contribution is -2.45. The third-order valence-corrected chi connectivity index (χ3v) is 2.90. The van der Waals surface area contributed by atoms with Gasteiger partial charge in [0.05, 0.1) is 12.3 Å². The molecule has 0 radical (unpaired) electrons. The third-order valence-electron chi connectivity index (χ3n) is 2.90. The van der Waals surface area contributed by atoms with Gasteiger partial charge in [-0.25, -0.2) is 0 Å². The monoisotopic (exact) mass is 213 g/mol. The second-order valence-electron chi connectivity index (χ2n) is 3.85. The minimum absolute atomic E-state index is 0.0363. The van der Waals surface area contributed by atoms with Gasteiger partial charge >= 0.3 is 0 Å². The van der Waals surface area contributed by atoms with E-state index in [0.29, 0.717) is 6.54 Å². The van der Waals surface area contributed by atoms with E-state index in [2.05, 4.69) is 22.3 Å². The second-order valence-corrected chi connectivity index (χ2v) is 3.85. The number of likely N-dealkylation sites (tertiary alicyclic amines) is 1. The molecule has 1 unspecified atom stereocenters. The van der Waals surface area contributed by atoms with Crippen LogP contribution in [0.15, 0.2) is 5.16 Å². The van der Waals surface area contributed by atoms with Gasteiger partial charge in [-0.15, -0.1) is 0 Å². The summed E-state index contributed by atoms with van der Waals surface area (Å²) in [7, 11) is 1.64. The van der Waals surface area contributed by atoms with Gasteiger partial charge in [0.25, 0.3) is 0 Å². The number of nitrogens with one attached hydrogen (secondary N) is 1. The van der Waals surface area contributed by atoms with Gasteiger partial charge in [-0.1, -0.05) is 12.1 Å². The van der Waals surface area contributed by atoms with Crippen molar-refractivity contribution in [3.05, 3.63) is 0 Å². The average molecular weight is 213 g/mol. The maximum Gasteiger partial charge on any atom is 0.233 e. The highest BCUT2D eigenvalue weighted by atomic mass is 16.4. The van der Waals surface area contributed by atoms with Gasteiger partial charge < -0.3 is 10.5 Å². The van der Waals surface area contributed by atoms with E-state index >= 15 is 0 Å². The van der Waals surface area contributed by atoms with E-state index in [1.807, 2.05) is 0 Å². The summed E-state index contributed by atoms with van der Waals surface area (Å²) in [6, 6.07) is 0. The minimum atomic E-state index is 0.0363. The molecule has 1 fully saturated rings. The molecule has 5 nitrogen and oxygen atoms in total. The Bertz CT molecular complexity index is 253. The number of carbonyl (C=O) groups excluding carboxylic acids is 1. The molecule has 1 aliphatic rings. The van der Waals surface area contributed by atoms with Crippen molar-refractivity contribution in [2.75, 3.05) is 26.7 Å². The summed E-state index contributed by atoms with van der Waals surface area (Å²) in [6.07, 6.45) is 1.70. The lowest BCUT2D eigenvalue weighted by atomic mass is 9.93. The molecule has 0 bridgehead atoms. The highest BCUT2D eigenvalue weighted by Crippen LogP contribution is 2.16. The van der Waals surface area contributed by atoms with Crippen molar-refractivity contribution in [2.45, 2.75) is 19.8 Å². The summed E-state index contributed by atoms with van der Waals surface area (Å²) in [5, 5.41) is 14.7. The summed E-state index contributed by atoms with van der Waals surface area (Å²) in [4.78, 5) is 13.3. The number of amides is 1. The van der Waals surface area contributed by atoms with Crippen molar-refractivity contribution in [1.29, 1.82) is 0 Å². The molecule has 1 saturated heterocycles. The summed E-state index contributed by atoms with van der Waals surface area (Å²) >= 11 is 0. The fourth-order valence-electron chi connectivity index (χ4n) is 1.91. The van der Waals surface area contributed by atoms with E-state index in [-0.39, 0.29) is 11.8 Å². The predicted octanol–water partition coefficient (Wildman–Crippen LogP) is 0.294. The van der Waals surface area contributed by atoms with Gasteiger partial charge in [0, 0.05) is 32.5 Å². The van der Waals surface area contributed by atoms with Gasteiger partial charge in [0.15, 0.2) is 0 Å². The number of hydrogen-bond donors (Lipinski definition) is 2. The number of nitrogens with zero attached hydrogens (tertiary/aromatic N) is 2. The summed E-state index contributed by atoms with van der Waals surface area (Å²) in [5.74, 6) is 0.322. The van der Waals surface area contributed by atoms with Crippen molar-refractivity contribution >= 4 is 11.6 Å². The van der Waals surface area contributed by atoms with Crippen LogP contribution in [0.1, 0.15) is 19.8 Å². The first-order chi connectivity index (χ1) is 7.21. The Morgan fingerprint density at radius 2 is 2.47 bits per heavy atom. The zero-order chi connectivity index (χ0) is 11.3. The maximum absolute atomic E-state index is 11.2. The largest absolute Gasteiger partial charge is 0.411 e. The summed E-state index contributed by atoms with van der Waals surface area (Å²) in [6.45, 7) is 4.11. The lowest BCUT2D eigenvalue weighted by Gasteiger charge is -2.32. The zero-order valence-electron chi connectivity index (χ0n) is 9.36. The highest BCUT2D eigenvalue weighted by Gasteiger charge is 2.25. The molecule has 5 heteroatoms. The van der Waals surface area contributed by atoms with E-state index < -0.39 is 0 Å². The quantitative estimate of drug-likeness (QED) is 0.523. The molecular formula is C10H19N3O2. The molecule has 86 valence electrons. The molecule has 0 aromatic carbocycles. The van der Waals surface area contributed by atoms with Crippen LogP contribution in [0, 0.1) is 5.92 Å². The smallest absolute Gasteiger partial charge is 0.233 e. The molecule has 0 spiro atoms. The van der Waals surface area contributed by atoms with E-state index in [0.717, 1.165) is 31.6 Å². The van der Waals surface area contributed by atoms with Crippen LogP contribution in [0.4, 0.5) is 0 Å². The Balaban J connectivity index is 2.49. The van der Waals surface area contributed by atoms with Gasteiger partial charge in [0.2, 0.25) is 5.91 Å². The average Bonchev–Trinajstić information content (AvgIpc) is 2.28. The first kappa shape index (κ1) is 12.0. The molecule has 1 atom stereocenters. The van der Waals surface area contributed by atoms with E-state index in [9.17, 15) is 4.79 Å². The van der Waals surface area contributed by atoms with Gasteiger partial charge in [-0.3, -0.25) is 9.69 Å². The van der Waals surface area contributed by atoms with E-state index in [1.165, 1.54) is 0 Å². The van der Waals surface area contributed by atoms with Crippen LogP contribution in [0.5, 0.6) is 0 Å². The fraction of sp³-hybridized carbons (Fsp3) is 0.800. The van der Waals surface area contributed by atoms with Crippen molar-refractivity contribution in [2.24, 2.45) is 11.1 Å². The Kier molecular flexibility index (Phi) is 4.55. The van der Waals surface area contributed by atoms with Crippen LogP contribution < -0.4 is 5.32 Å². The first-order valence-electron chi connectivity index (χ1n) is 5.35. The van der Waals surface area contributed by atoms with Crippen molar-refractivity contribution < 1.29 is 10.0 Å². The van der Waals surface area contributed by atoms with Crippen molar-refractivity contribution in [3.63, 3.8) is 0 Å². The molecule has 1 aliphatic heterocycles. The van der Waals surface area contributed by atoms with Gasteiger partial charge in [-0.2, -0.15) is 0 Å². The minimum Gasteiger partial charge on any atom is -0.411 e. The molecule has 2 N–H and O–H groups in total. The molecule has 1 heterocycles. The molecule has 0 saturated carbocycles. The highest BCUT2D eigenvalue weighted by molar-refractivity contribution is 5.87. The SMILES string of the molecule is CCC1CN(CC(=O)NC)CCC1=NO. The third kappa shape index (κ3) is 3.20. The van der Waals surface area contributed by atoms with Crippen molar-refractivity contribution in [1.82, 2.24) is 10.2 Å². The summed E-state index contributed by atoms with van der Waals surface area (Å²) < 4.78 is 0. The van der Waals surface area contributed by atoms with Gasteiger partial charge in [-0.05, 0) is 6.42 Å². The number of piperidine rings is 1. The maximum atomic E-state index is 11.2. The Hall–Kier alpha value is -1.10. The molecule has 1 rings (SSSR count). The fourth-order valence-corrected chi connectivity index (χ4v) is 1.91. The van der Waals surface area contributed by atoms with Crippen LogP contribution in [0.3, 0.4) is 0 Å². The topological polar surface area (TPSA) is 64.9 Å². The molecule has 0 aliphatic carbocycles. The molecule has 0 aromatic rings. The van der Waals surface area contributed by atoms with Crippen LogP contribution in [-0.2, 0) is 4.79 Å². The molecule has 0 aromatic heterocycles. The Morgan fingerprint density at radius 3 is 3.00 bits per heavy atom. The van der Waals surface area contributed by atoms with Crippen LogP contribution >= 0.6 is 0 Å². The van der Waals surface area contributed by atoms with Crippen LogP contribution in [0.25, 0.3) is 0 Å². The molecular weight excluding hydrogens is 194 g/mol. The first-order valence-corrected chi connectivity index (χ1v) is 5.35. The normalized spacial score (nSPS) is 25.5. The second kappa shape index (κ2) is 5.70. The molecule has 1 amide bonds. The zero-order valence-corrected chi connectivity index (χ0v) is 9.36. The summed E-state index contributed by atoms with van der Waals surface area (Å²) in [5.41, 5.74) is 0.866. The van der Waals surface area contributed by atoms with Gasteiger partial charge in [0.1, 0.15) is 0 Å². The van der Waals surface area contributed by atoms with Crippen molar-refractivity contribution in [3.8, 4) is 0 Å². The van der Waals surface area contributed by atoms with Crippen LogP contribution in [-0.4, -0.2) is 48.4 Å². The number of hydrogen-bond acceptors (Lipinski definition) is 4. The lowest BCUT2D eigenvalue weighted by molar-refractivity contribution is -0.121. The number of oxime groups is 1. The predicted molar refractivity (Wildman–Crippen MR) is 58.1 cm³/mol. The number of likely N-dealkylation sites (N-methyl/N-ethyl adjacent to an activating group) is 1. The molecule has 15 heavy (non-hydrogen) atoms.